The number of hydrogen-bond acceptors (Lipinski definition) is 8. The number of ether oxygens (including phenoxy) is 6. The molecule has 0 bridgehead atoms. The van der Waals surface area contributed by atoms with Crippen LogP contribution in [-0.4, -0.2) is 52.6 Å². The zero-order valence-corrected chi connectivity index (χ0v) is 15.7. The Morgan fingerprint density at radius 1 is 0.571 bits per heavy atom. The molecule has 0 spiro atoms. The molecule has 8 heteroatoms. The van der Waals surface area contributed by atoms with Crippen molar-refractivity contribution in [3.8, 4) is 23.0 Å². The molecule has 0 amide bonds. The third-order valence-electron chi connectivity index (χ3n) is 3.46. The van der Waals surface area contributed by atoms with Gasteiger partial charge in [-0.15, -0.1) is 0 Å². The lowest BCUT2D eigenvalue weighted by molar-refractivity contribution is -0.168. The van der Waals surface area contributed by atoms with Gasteiger partial charge in [0.15, 0.2) is 0 Å². The Labute approximate surface area is 162 Å². The van der Waals surface area contributed by atoms with Gasteiger partial charge in [-0.3, -0.25) is 0 Å². The summed E-state index contributed by atoms with van der Waals surface area (Å²) in [5.41, 5.74) is 0. The van der Waals surface area contributed by atoms with E-state index < -0.39 is 11.9 Å². The molecule has 0 aliphatic carbocycles. The van der Waals surface area contributed by atoms with E-state index in [4.69, 9.17) is 28.4 Å². The topological polar surface area (TPSA) is 89.5 Å². The summed E-state index contributed by atoms with van der Waals surface area (Å²) in [5.74, 6) is 0.436. The molecule has 28 heavy (non-hydrogen) atoms. The van der Waals surface area contributed by atoms with E-state index in [1.165, 1.54) is 0 Å². The summed E-state index contributed by atoms with van der Waals surface area (Å²) >= 11 is 0. The van der Waals surface area contributed by atoms with Gasteiger partial charge < -0.3 is 28.4 Å². The van der Waals surface area contributed by atoms with Crippen molar-refractivity contribution >= 4 is 11.9 Å². The molecule has 8 nitrogen and oxygen atoms in total. The Hall–Kier alpha value is -3.42. The first-order valence-electron chi connectivity index (χ1n) is 8.50. The lowest BCUT2D eigenvalue weighted by atomic mass is 10.3. The average Bonchev–Trinajstić information content (AvgIpc) is 2.74. The highest BCUT2D eigenvalue weighted by atomic mass is 16.6. The summed E-state index contributed by atoms with van der Waals surface area (Å²) in [6.07, 6.45) is 0. The van der Waals surface area contributed by atoms with Crippen LogP contribution in [0.5, 0.6) is 23.0 Å². The van der Waals surface area contributed by atoms with Gasteiger partial charge in [-0.25, -0.2) is 9.59 Å². The average molecular weight is 390 g/mol. The van der Waals surface area contributed by atoms with Crippen LogP contribution in [0, 0.1) is 0 Å². The predicted octanol–water partition coefficient (Wildman–Crippen LogP) is 2.25. The molecular formula is C20H22O8. The Kier molecular flexibility index (Phi) is 8.45. The third kappa shape index (κ3) is 7.06. The van der Waals surface area contributed by atoms with Crippen LogP contribution in [0.25, 0.3) is 0 Å². The molecule has 0 fully saturated rings. The highest BCUT2D eigenvalue weighted by molar-refractivity contribution is 6.29. The van der Waals surface area contributed by atoms with Crippen LogP contribution in [-0.2, 0) is 19.1 Å². The molecule has 2 aromatic rings. The van der Waals surface area contributed by atoms with Crippen molar-refractivity contribution in [1.29, 1.82) is 0 Å². The first-order valence-corrected chi connectivity index (χ1v) is 8.50. The van der Waals surface area contributed by atoms with E-state index in [1.54, 1.807) is 62.8 Å². The zero-order valence-electron chi connectivity index (χ0n) is 15.7. The van der Waals surface area contributed by atoms with E-state index in [1.807, 2.05) is 0 Å². The molecule has 2 rings (SSSR count). The maximum atomic E-state index is 11.5. The fourth-order valence-electron chi connectivity index (χ4n) is 2.05. The van der Waals surface area contributed by atoms with Gasteiger partial charge in [0.1, 0.15) is 49.4 Å². The number of rotatable bonds is 10. The van der Waals surface area contributed by atoms with Crippen LogP contribution in [0.3, 0.4) is 0 Å². The summed E-state index contributed by atoms with van der Waals surface area (Å²) in [4.78, 5) is 23.1. The highest BCUT2D eigenvalue weighted by Gasteiger charge is 2.17. The standard InChI is InChI=1S/C20H22O8/c1-23-15-3-7-17(8-4-15)25-11-13-27-19(21)20(22)28-14-12-26-18-9-5-16(24-2)6-10-18/h3-10H,11-14H2,1-2H3. The third-order valence-corrected chi connectivity index (χ3v) is 3.46. The van der Waals surface area contributed by atoms with Crippen LogP contribution in [0.15, 0.2) is 48.5 Å². The normalized spacial score (nSPS) is 9.93. The van der Waals surface area contributed by atoms with Gasteiger partial charge in [0, 0.05) is 0 Å². The number of hydrogen-bond donors (Lipinski definition) is 0. The fourth-order valence-corrected chi connectivity index (χ4v) is 2.05. The lowest BCUT2D eigenvalue weighted by Gasteiger charge is -2.09. The molecule has 0 aliphatic heterocycles. The van der Waals surface area contributed by atoms with E-state index in [-0.39, 0.29) is 26.4 Å². The molecule has 0 N–H and O–H groups in total. The number of esters is 2. The van der Waals surface area contributed by atoms with Crippen LogP contribution >= 0.6 is 0 Å². The molecular weight excluding hydrogens is 368 g/mol. The second-order valence-corrected chi connectivity index (χ2v) is 5.32. The molecule has 0 aromatic heterocycles. The lowest BCUT2D eigenvalue weighted by Crippen LogP contribution is -2.24. The van der Waals surface area contributed by atoms with Gasteiger partial charge in [-0.2, -0.15) is 0 Å². The number of carbonyl (C=O) groups excluding carboxylic acids is 2. The van der Waals surface area contributed by atoms with Crippen molar-refractivity contribution in [2.24, 2.45) is 0 Å². The monoisotopic (exact) mass is 390 g/mol. The van der Waals surface area contributed by atoms with Crippen LogP contribution in [0.2, 0.25) is 0 Å². The smallest absolute Gasteiger partial charge is 0.417 e. The first kappa shape index (κ1) is 20.9. The van der Waals surface area contributed by atoms with Crippen LogP contribution < -0.4 is 18.9 Å². The minimum absolute atomic E-state index is 0.0810. The molecule has 0 aliphatic rings. The largest absolute Gasteiger partial charge is 0.497 e. The molecule has 0 atom stereocenters. The fraction of sp³-hybridized carbons (Fsp3) is 0.300. The molecule has 0 saturated carbocycles. The molecule has 150 valence electrons. The van der Waals surface area contributed by atoms with Crippen molar-refractivity contribution in [3.05, 3.63) is 48.5 Å². The number of methoxy groups -OCH3 is 2. The van der Waals surface area contributed by atoms with E-state index in [2.05, 4.69) is 0 Å². The van der Waals surface area contributed by atoms with Crippen molar-refractivity contribution in [2.75, 3.05) is 40.6 Å². The van der Waals surface area contributed by atoms with Crippen molar-refractivity contribution < 1.29 is 38.0 Å². The van der Waals surface area contributed by atoms with Crippen LogP contribution in [0.4, 0.5) is 0 Å². The SMILES string of the molecule is COc1ccc(OCCOC(=O)C(=O)OCCOc2ccc(OC)cc2)cc1. The van der Waals surface area contributed by atoms with Gasteiger partial charge in [0.25, 0.3) is 0 Å². The van der Waals surface area contributed by atoms with E-state index in [9.17, 15) is 9.59 Å². The highest BCUT2D eigenvalue weighted by Crippen LogP contribution is 2.17. The quantitative estimate of drug-likeness (QED) is 0.347. The minimum atomic E-state index is -1.08. The Morgan fingerprint density at radius 3 is 1.21 bits per heavy atom. The summed E-state index contributed by atoms with van der Waals surface area (Å²) in [5, 5.41) is 0. The second-order valence-electron chi connectivity index (χ2n) is 5.32. The van der Waals surface area contributed by atoms with Gasteiger partial charge in [0.05, 0.1) is 14.2 Å². The summed E-state index contributed by atoms with van der Waals surface area (Å²) in [7, 11) is 3.14. The van der Waals surface area contributed by atoms with Gasteiger partial charge in [0.2, 0.25) is 0 Å². The molecule has 2 aromatic carbocycles. The van der Waals surface area contributed by atoms with Crippen molar-refractivity contribution in [2.45, 2.75) is 0 Å². The predicted molar refractivity (Wildman–Crippen MR) is 98.9 cm³/mol. The maximum Gasteiger partial charge on any atom is 0.417 e. The molecule has 0 heterocycles. The molecule has 0 radical (unpaired) electrons. The van der Waals surface area contributed by atoms with E-state index in [0.29, 0.717) is 23.0 Å². The molecule has 0 unspecified atom stereocenters. The second kappa shape index (κ2) is 11.3. The van der Waals surface area contributed by atoms with Gasteiger partial charge >= 0.3 is 11.9 Å². The first-order chi connectivity index (χ1) is 13.6. The van der Waals surface area contributed by atoms with E-state index >= 15 is 0 Å². The molecule has 0 saturated heterocycles. The van der Waals surface area contributed by atoms with E-state index in [0.717, 1.165) is 0 Å². The number of benzene rings is 2. The Bertz CT molecular complexity index is 674. The summed E-state index contributed by atoms with van der Waals surface area (Å²) < 4.78 is 30.4. The zero-order chi connectivity index (χ0) is 20.2. The van der Waals surface area contributed by atoms with Crippen LogP contribution in [0.1, 0.15) is 0 Å². The van der Waals surface area contributed by atoms with Gasteiger partial charge in [-0.05, 0) is 48.5 Å². The Balaban J connectivity index is 1.56. The maximum absolute atomic E-state index is 11.5. The van der Waals surface area contributed by atoms with Crippen molar-refractivity contribution in [1.82, 2.24) is 0 Å². The summed E-state index contributed by atoms with van der Waals surface area (Å²) in [6, 6.07) is 13.9. The minimum Gasteiger partial charge on any atom is -0.497 e. The number of carbonyl (C=O) groups is 2. The summed E-state index contributed by atoms with van der Waals surface area (Å²) in [6.45, 7) is 0.0441. The Morgan fingerprint density at radius 2 is 0.893 bits per heavy atom. The van der Waals surface area contributed by atoms with Crippen molar-refractivity contribution in [3.63, 3.8) is 0 Å². The van der Waals surface area contributed by atoms with Gasteiger partial charge in [-0.1, -0.05) is 0 Å².